The van der Waals surface area contributed by atoms with Gasteiger partial charge in [-0.3, -0.25) is 9.59 Å². The van der Waals surface area contributed by atoms with E-state index in [1.807, 2.05) is 0 Å². The van der Waals surface area contributed by atoms with E-state index in [9.17, 15) is 19.5 Å². The number of carbonyl (C=O) groups is 3. The summed E-state index contributed by atoms with van der Waals surface area (Å²) in [6.07, 6.45) is 53.1. The molecule has 0 N–H and O–H groups in total. The van der Waals surface area contributed by atoms with Gasteiger partial charge < -0.3 is 28.6 Å². The molecule has 0 radical (unpaired) electrons. The SMILES string of the molecule is CCCCC/C=C\C/C=C\CCCCCCCCCCCC(=O)OC(COCCC(C(=O)[O-])[N+](C)(C)C)COC(=O)CCCCCCCCCCC/C=C\CCCCCCCC. The van der Waals surface area contributed by atoms with Crippen molar-refractivity contribution in [1.29, 1.82) is 0 Å². The van der Waals surface area contributed by atoms with Crippen LogP contribution in [-0.2, 0) is 28.6 Å². The minimum Gasteiger partial charge on any atom is -0.544 e. The highest BCUT2D eigenvalue weighted by molar-refractivity contribution is 5.70. The van der Waals surface area contributed by atoms with Crippen molar-refractivity contribution >= 4 is 17.9 Å². The summed E-state index contributed by atoms with van der Waals surface area (Å²) >= 11 is 0. The van der Waals surface area contributed by atoms with Gasteiger partial charge in [0.05, 0.1) is 40.3 Å². The van der Waals surface area contributed by atoms with Crippen LogP contribution in [0.15, 0.2) is 36.5 Å². The van der Waals surface area contributed by atoms with Crippen LogP contribution in [0.4, 0.5) is 0 Å². The minimum atomic E-state index is -1.12. The molecule has 62 heavy (non-hydrogen) atoms. The average Bonchev–Trinajstić information content (AvgIpc) is 3.23. The molecule has 2 unspecified atom stereocenters. The predicted molar refractivity (Wildman–Crippen MR) is 259 cm³/mol. The van der Waals surface area contributed by atoms with Crippen LogP contribution in [0.1, 0.15) is 239 Å². The van der Waals surface area contributed by atoms with Crippen molar-refractivity contribution in [3.63, 3.8) is 0 Å². The van der Waals surface area contributed by atoms with Gasteiger partial charge >= 0.3 is 11.9 Å². The van der Waals surface area contributed by atoms with E-state index in [0.29, 0.717) is 12.8 Å². The number of carboxylic acids is 1. The zero-order valence-corrected chi connectivity index (χ0v) is 41.3. The Hall–Kier alpha value is -2.45. The maximum atomic E-state index is 12.8. The molecule has 362 valence electrons. The summed E-state index contributed by atoms with van der Waals surface area (Å²) < 4.78 is 17.3. The first-order chi connectivity index (χ1) is 30.1. The van der Waals surface area contributed by atoms with Gasteiger partial charge in [0, 0.05) is 19.3 Å². The molecule has 8 nitrogen and oxygen atoms in total. The van der Waals surface area contributed by atoms with Crippen LogP contribution in [0, 0.1) is 0 Å². The number of nitrogens with zero attached hydrogens (tertiary/aromatic N) is 1. The van der Waals surface area contributed by atoms with E-state index in [0.717, 1.165) is 44.9 Å². The number of esters is 2. The highest BCUT2D eigenvalue weighted by atomic mass is 16.6. The lowest BCUT2D eigenvalue weighted by molar-refractivity contribution is -0.889. The normalized spacial score (nSPS) is 13.1. The first-order valence-electron chi connectivity index (χ1n) is 26.0. The fourth-order valence-corrected chi connectivity index (χ4v) is 7.69. The Kier molecular flexibility index (Phi) is 43.3. The highest BCUT2D eigenvalue weighted by Crippen LogP contribution is 2.15. The molecular weight excluding hydrogens is 775 g/mol. The maximum absolute atomic E-state index is 12.8. The minimum absolute atomic E-state index is 0.0404. The first-order valence-corrected chi connectivity index (χ1v) is 26.0. The van der Waals surface area contributed by atoms with Crippen molar-refractivity contribution in [3.8, 4) is 0 Å². The van der Waals surface area contributed by atoms with Crippen molar-refractivity contribution < 1.29 is 38.2 Å². The molecule has 0 aliphatic rings. The summed E-state index contributed by atoms with van der Waals surface area (Å²) in [5, 5.41) is 11.7. The number of carbonyl (C=O) groups excluding carboxylic acids is 3. The van der Waals surface area contributed by atoms with Crippen LogP contribution in [0.2, 0.25) is 0 Å². The third-order valence-electron chi connectivity index (χ3n) is 11.7. The highest BCUT2D eigenvalue weighted by Gasteiger charge is 2.25. The quantitative estimate of drug-likeness (QED) is 0.0260. The molecule has 0 aromatic carbocycles. The zero-order valence-electron chi connectivity index (χ0n) is 41.3. The van der Waals surface area contributed by atoms with Crippen LogP contribution < -0.4 is 5.11 Å². The van der Waals surface area contributed by atoms with Crippen LogP contribution in [0.25, 0.3) is 0 Å². The summed E-state index contributed by atoms with van der Waals surface area (Å²) in [6, 6.07) is -0.726. The fraction of sp³-hybridized carbons (Fsp3) is 0.833. The number of unbranched alkanes of at least 4 members (excludes halogenated alkanes) is 27. The number of carboxylic acid groups (broad SMARTS) is 1. The number of aliphatic carboxylic acids is 1. The Morgan fingerprint density at radius 2 is 0.855 bits per heavy atom. The molecule has 0 spiro atoms. The van der Waals surface area contributed by atoms with E-state index in [4.69, 9.17) is 14.2 Å². The average molecular weight is 874 g/mol. The Morgan fingerprint density at radius 3 is 1.29 bits per heavy atom. The van der Waals surface area contributed by atoms with Gasteiger partial charge in [-0.2, -0.15) is 0 Å². The Labute approximate surface area is 383 Å². The summed E-state index contributed by atoms with van der Waals surface area (Å²) in [5.41, 5.74) is 0. The molecule has 0 aliphatic carbocycles. The number of hydrogen-bond acceptors (Lipinski definition) is 7. The number of quaternary nitrogens is 1. The van der Waals surface area contributed by atoms with E-state index < -0.39 is 18.1 Å². The standard InChI is InChI=1S/C54H99NO7/c1-6-8-10-12-14-16-18-20-22-24-26-28-30-32-34-36-38-40-42-44-52(56)61-49-50(48-60-47-46-51(54(58)59)55(3,4)5)62-53(57)45-43-41-39-37-35-33-31-29-27-25-23-21-19-17-15-13-11-9-7-2/h15,17,20-23,50-51H,6-14,16,18-19,24-49H2,1-5H3/b17-15-,22-20-,23-21-. The maximum Gasteiger partial charge on any atom is 0.306 e. The molecule has 0 aliphatic heterocycles. The number of rotatable bonds is 47. The van der Waals surface area contributed by atoms with Gasteiger partial charge in [-0.25, -0.2) is 0 Å². The summed E-state index contributed by atoms with van der Waals surface area (Å²) in [4.78, 5) is 37.0. The van der Waals surface area contributed by atoms with Crippen LogP contribution in [0.5, 0.6) is 0 Å². The number of ether oxygens (including phenoxy) is 3. The molecule has 2 atom stereocenters. The second-order valence-electron chi connectivity index (χ2n) is 18.8. The van der Waals surface area contributed by atoms with E-state index >= 15 is 0 Å². The summed E-state index contributed by atoms with van der Waals surface area (Å²) in [6.45, 7) is 4.66. The lowest BCUT2D eigenvalue weighted by atomic mass is 10.1. The smallest absolute Gasteiger partial charge is 0.306 e. The van der Waals surface area contributed by atoms with Gasteiger partial charge in [0.25, 0.3) is 0 Å². The molecule has 0 amide bonds. The Morgan fingerprint density at radius 1 is 0.484 bits per heavy atom. The predicted octanol–water partition coefficient (Wildman–Crippen LogP) is 13.6. The monoisotopic (exact) mass is 874 g/mol. The van der Waals surface area contributed by atoms with Gasteiger partial charge in [0.2, 0.25) is 0 Å². The number of allylic oxidation sites excluding steroid dienone is 6. The summed E-state index contributed by atoms with van der Waals surface area (Å²) in [5.74, 6) is -1.73. The molecule has 0 heterocycles. The molecule has 0 rings (SSSR count). The van der Waals surface area contributed by atoms with Crippen LogP contribution in [0.3, 0.4) is 0 Å². The van der Waals surface area contributed by atoms with Gasteiger partial charge in [-0.15, -0.1) is 0 Å². The van der Waals surface area contributed by atoms with E-state index in [1.54, 1.807) is 21.1 Å². The zero-order chi connectivity index (χ0) is 45.6. The van der Waals surface area contributed by atoms with E-state index in [1.165, 1.54) is 161 Å². The molecule has 0 saturated heterocycles. The van der Waals surface area contributed by atoms with Crippen molar-refractivity contribution in [1.82, 2.24) is 0 Å². The van der Waals surface area contributed by atoms with Crippen molar-refractivity contribution in [3.05, 3.63) is 36.5 Å². The third-order valence-corrected chi connectivity index (χ3v) is 11.7. The van der Waals surface area contributed by atoms with Gasteiger partial charge in [0.1, 0.15) is 12.6 Å². The number of likely N-dealkylation sites (N-methyl/N-ethyl adjacent to an activating group) is 1. The molecule has 0 saturated carbocycles. The van der Waals surface area contributed by atoms with Crippen molar-refractivity contribution in [2.24, 2.45) is 0 Å². The molecular formula is C54H99NO7. The van der Waals surface area contributed by atoms with Crippen molar-refractivity contribution in [2.75, 3.05) is 41.0 Å². The molecule has 0 bridgehead atoms. The molecule has 0 fully saturated rings. The number of hydrogen-bond donors (Lipinski definition) is 0. The van der Waals surface area contributed by atoms with Crippen molar-refractivity contribution in [2.45, 2.75) is 251 Å². The van der Waals surface area contributed by atoms with Gasteiger partial charge in [-0.05, 0) is 70.6 Å². The van der Waals surface area contributed by atoms with E-state index in [2.05, 4.69) is 50.3 Å². The lowest BCUT2D eigenvalue weighted by Crippen LogP contribution is -2.55. The largest absolute Gasteiger partial charge is 0.544 e. The second-order valence-corrected chi connectivity index (χ2v) is 18.8. The lowest BCUT2D eigenvalue weighted by Gasteiger charge is -2.34. The van der Waals surface area contributed by atoms with Crippen LogP contribution >= 0.6 is 0 Å². The Balaban J connectivity index is 4.23. The summed E-state index contributed by atoms with van der Waals surface area (Å²) in [7, 11) is 5.42. The topological polar surface area (TPSA) is 102 Å². The Bertz CT molecular complexity index is 1110. The van der Waals surface area contributed by atoms with Crippen LogP contribution in [-0.4, -0.2) is 75.5 Å². The molecule has 8 heteroatoms. The second kappa shape index (κ2) is 45.1. The van der Waals surface area contributed by atoms with E-state index in [-0.39, 0.29) is 42.7 Å². The molecule has 0 aromatic heterocycles. The van der Waals surface area contributed by atoms with Gasteiger partial charge in [-0.1, -0.05) is 185 Å². The fourth-order valence-electron chi connectivity index (χ4n) is 7.69. The third kappa shape index (κ3) is 42.8. The first kappa shape index (κ1) is 59.5. The van der Waals surface area contributed by atoms with Gasteiger partial charge in [0.15, 0.2) is 6.10 Å². The molecule has 0 aromatic rings.